The summed E-state index contributed by atoms with van der Waals surface area (Å²) in [4.78, 5) is 29.3. The maximum Gasteiger partial charge on any atom is 0.243 e. The third-order valence-corrected chi connectivity index (χ3v) is 8.91. The monoisotopic (exact) mass is 641 g/mol. The zero-order chi connectivity index (χ0) is 31.7. The number of sulfonamides is 1. The van der Waals surface area contributed by atoms with E-state index in [1.165, 1.54) is 4.31 Å². The first-order chi connectivity index (χ1) is 21.0. The molecule has 0 radical (unpaired) electrons. The maximum atomic E-state index is 14.0. The molecule has 1 aliphatic heterocycles. The number of rotatable bonds is 14. The van der Waals surface area contributed by atoms with E-state index in [4.69, 9.17) is 21.1 Å². The van der Waals surface area contributed by atoms with Gasteiger partial charge < -0.3 is 19.7 Å². The van der Waals surface area contributed by atoms with Crippen molar-refractivity contribution in [1.82, 2.24) is 10.2 Å². The van der Waals surface area contributed by atoms with E-state index in [0.717, 1.165) is 23.8 Å². The molecule has 4 rings (SSSR count). The first-order valence-electron chi connectivity index (χ1n) is 14.8. The van der Waals surface area contributed by atoms with E-state index in [9.17, 15) is 18.0 Å². The van der Waals surface area contributed by atoms with Crippen molar-refractivity contribution in [3.63, 3.8) is 0 Å². The summed E-state index contributed by atoms with van der Waals surface area (Å²) in [6, 6.07) is 20.9. The van der Waals surface area contributed by atoms with Crippen LogP contribution in [0.2, 0.25) is 5.02 Å². The number of nitrogens with zero attached hydrogens (tertiary/aromatic N) is 2. The molecule has 0 spiro atoms. The quantitative estimate of drug-likeness (QED) is 0.259. The van der Waals surface area contributed by atoms with Gasteiger partial charge in [-0.3, -0.25) is 13.9 Å². The first kappa shape index (κ1) is 33.1. The molecule has 11 heteroatoms. The minimum absolute atomic E-state index is 0.0268. The summed E-state index contributed by atoms with van der Waals surface area (Å²) in [5, 5.41) is 3.58. The molecule has 236 valence electrons. The van der Waals surface area contributed by atoms with Gasteiger partial charge in [-0.05, 0) is 55.2 Å². The SMILES string of the molecule is CC[C@@H](C)NC(=O)[C@@H](Cc1ccccc1)N(Cc1cccc(Cl)c1)C(=O)CCCN(c1ccc2c(c1)OCCO2)S(C)(=O)=O. The second-order valence-corrected chi connectivity index (χ2v) is 13.3. The van der Waals surface area contributed by atoms with Gasteiger partial charge in [-0.15, -0.1) is 0 Å². The number of nitrogens with one attached hydrogen (secondary N) is 1. The van der Waals surface area contributed by atoms with E-state index in [1.807, 2.05) is 56.3 Å². The molecule has 0 aliphatic carbocycles. The number of carbonyl (C=O) groups is 2. The van der Waals surface area contributed by atoms with E-state index in [0.29, 0.717) is 41.8 Å². The maximum absolute atomic E-state index is 14.0. The van der Waals surface area contributed by atoms with Crippen LogP contribution in [0.25, 0.3) is 0 Å². The minimum atomic E-state index is -3.67. The Balaban J connectivity index is 1.58. The molecule has 2 amide bonds. The molecular formula is C33H40ClN3O6S. The van der Waals surface area contributed by atoms with Crippen molar-refractivity contribution in [2.45, 2.75) is 58.2 Å². The van der Waals surface area contributed by atoms with Crippen molar-refractivity contribution in [1.29, 1.82) is 0 Å². The molecule has 0 saturated heterocycles. The summed E-state index contributed by atoms with van der Waals surface area (Å²) in [5.41, 5.74) is 2.13. The normalized spacial score (nSPS) is 13.9. The molecule has 1 N–H and O–H groups in total. The van der Waals surface area contributed by atoms with E-state index < -0.39 is 16.1 Å². The third kappa shape index (κ3) is 9.12. The lowest BCUT2D eigenvalue weighted by Crippen LogP contribution is -2.52. The zero-order valence-electron chi connectivity index (χ0n) is 25.4. The number of hydrogen-bond donors (Lipinski definition) is 1. The second-order valence-electron chi connectivity index (χ2n) is 10.9. The minimum Gasteiger partial charge on any atom is -0.486 e. The second kappa shape index (κ2) is 15.3. The molecule has 3 aromatic carbocycles. The molecular weight excluding hydrogens is 602 g/mol. The van der Waals surface area contributed by atoms with Crippen LogP contribution >= 0.6 is 11.6 Å². The van der Waals surface area contributed by atoms with Crippen molar-refractivity contribution >= 4 is 39.1 Å². The number of hydrogen-bond acceptors (Lipinski definition) is 6. The highest BCUT2D eigenvalue weighted by Gasteiger charge is 2.31. The van der Waals surface area contributed by atoms with Gasteiger partial charge in [0.2, 0.25) is 21.8 Å². The fourth-order valence-electron chi connectivity index (χ4n) is 5.02. The van der Waals surface area contributed by atoms with Crippen LogP contribution < -0.4 is 19.1 Å². The standard InChI is InChI=1S/C33H40ClN3O6S/c1-4-24(2)35-33(39)29(21-25-10-6-5-7-11-25)36(23-26-12-8-13-27(34)20-26)32(38)14-9-17-37(44(3,40)41)28-15-16-30-31(22-28)43-19-18-42-30/h5-8,10-13,15-16,20,22,24,29H,4,9,14,17-19,21,23H2,1-3H3,(H,35,39)/t24-,29-/m1/s1. The highest BCUT2D eigenvalue weighted by atomic mass is 35.5. The van der Waals surface area contributed by atoms with Crippen molar-refractivity contribution in [2.24, 2.45) is 0 Å². The average Bonchev–Trinajstić information content (AvgIpc) is 3.00. The number of fused-ring (bicyclic) bond motifs is 1. The van der Waals surface area contributed by atoms with Crippen LogP contribution in [-0.4, -0.2) is 63.2 Å². The van der Waals surface area contributed by atoms with Gasteiger partial charge in [-0.25, -0.2) is 8.42 Å². The topological polar surface area (TPSA) is 105 Å². The molecule has 2 atom stereocenters. The average molecular weight is 642 g/mol. The van der Waals surface area contributed by atoms with Crippen molar-refractivity contribution in [3.05, 3.63) is 88.9 Å². The highest BCUT2D eigenvalue weighted by Crippen LogP contribution is 2.35. The predicted molar refractivity (Wildman–Crippen MR) is 173 cm³/mol. The van der Waals surface area contributed by atoms with E-state index in [2.05, 4.69) is 5.32 Å². The van der Waals surface area contributed by atoms with Crippen LogP contribution in [0.4, 0.5) is 5.69 Å². The predicted octanol–water partition coefficient (Wildman–Crippen LogP) is 5.21. The van der Waals surface area contributed by atoms with Crippen LogP contribution in [0.3, 0.4) is 0 Å². The van der Waals surface area contributed by atoms with E-state index >= 15 is 0 Å². The molecule has 0 aromatic heterocycles. The molecule has 0 unspecified atom stereocenters. The Morgan fingerprint density at radius 1 is 0.955 bits per heavy atom. The smallest absolute Gasteiger partial charge is 0.243 e. The molecule has 0 fully saturated rings. The number of halogens is 1. The fourth-order valence-corrected chi connectivity index (χ4v) is 6.19. The Bertz CT molecular complexity index is 1540. The number of ether oxygens (including phenoxy) is 2. The summed E-state index contributed by atoms with van der Waals surface area (Å²) in [5.74, 6) is 0.524. The molecule has 1 heterocycles. The van der Waals surface area contributed by atoms with Crippen LogP contribution in [0.15, 0.2) is 72.8 Å². The van der Waals surface area contributed by atoms with Crippen LogP contribution in [0.5, 0.6) is 11.5 Å². The fraction of sp³-hybridized carbons (Fsp3) is 0.394. The first-order valence-corrected chi connectivity index (χ1v) is 17.0. The number of amides is 2. The van der Waals surface area contributed by atoms with Gasteiger partial charge >= 0.3 is 0 Å². The summed E-state index contributed by atoms with van der Waals surface area (Å²) >= 11 is 6.27. The van der Waals surface area contributed by atoms with Crippen LogP contribution in [0.1, 0.15) is 44.2 Å². The highest BCUT2D eigenvalue weighted by molar-refractivity contribution is 7.92. The third-order valence-electron chi connectivity index (χ3n) is 7.48. The van der Waals surface area contributed by atoms with Gasteiger partial charge in [0.1, 0.15) is 19.3 Å². The molecule has 1 aliphatic rings. The largest absolute Gasteiger partial charge is 0.486 e. The van der Waals surface area contributed by atoms with Gasteiger partial charge in [-0.2, -0.15) is 0 Å². The van der Waals surface area contributed by atoms with Crippen LogP contribution in [0, 0.1) is 0 Å². The lowest BCUT2D eigenvalue weighted by Gasteiger charge is -2.33. The Morgan fingerprint density at radius 3 is 2.34 bits per heavy atom. The molecule has 44 heavy (non-hydrogen) atoms. The summed E-state index contributed by atoms with van der Waals surface area (Å²) in [7, 11) is -3.67. The van der Waals surface area contributed by atoms with Gasteiger partial charge in [0, 0.05) is 43.1 Å². The summed E-state index contributed by atoms with van der Waals surface area (Å²) < 4.78 is 38.1. The lowest BCUT2D eigenvalue weighted by molar-refractivity contribution is -0.141. The Morgan fingerprint density at radius 2 is 1.66 bits per heavy atom. The van der Waals surface area contributed by atoms with Gasteiger partial charge in [0.15, 0.2) is 11.5 Å². The van der Waals surface area contributed by atoms with Crippen LogP contribution in [-0.2, 0) is 32.6 Å². The number of benzene rings is 3. The lowest BCUT2D eigenvalue weighted by atomic mass is 10.0. The van der Waals surface area contributed by atoms with E-state index in [-0.39, 0.29) is 43.8 Å². The Kier molecular flexibility index (Phi) is 11.5. The van der Waals surface area contributed by atoms with Gasteiger partial charge in [0.05, 0.1) is 11.9 Å². The Hall–Kier alpha value is -3.76. The Labute approximate surface area is 265 Å². The van der Waals surface area contributed by atoms with Crippen molar-refractivity contribution < 1.29 is 27.5 Å². The molecule has 0 saturated carbocycles. The molecule has 9 nitrogen and oxygen atoms in total. The van der Waals surface area contributed by atoms with Crippen molar-refractivity contribution in [2.75, 3.05) is 30.3 Å². The molecule has 3 aromatic rings. The number of anilines is 1. The van der Waals surface area contributed by atoms with Gasteiger partial charge in [0.25, 0.3) is 0 Å². The summed E-state index contributed by atoms with van der Waals surface area (Å²) in [6.07, 6.45) is 2.46. The van der Waals surface area contributed by atoms with Crippen molar-refractivity contribution in [3.8, 4) is 11.5 Å². The zero-order valence-corrected chi connectivity index (χ0v) is 26.9. The van der Waals surface area contributed by atoms with Gasteiger partial charge in [-0.1, -0.05) is 61.0 Å². The summed E-state index contributed by atoms with van der Waals surface area (Å²) in [6.45, 7) is 4.96. The van der Waals surface area contributed by atoms with E-state index in [1.54, 1.807) is 35.2 Å². The number of carbonyl (C=O) groups excluding carboxylic acids is 2. The molecule has 0 bridgehead atoms.